The molecular formula is C25H19Cl2NO3S2. The number of halogens is 2. The molecular weight excluding hydrogens is 497 g/mol. The van der Waals surface area contributed by atoms with Crippen LogP contribution in [-0.4, -0.2) is 16.8 Å². The van der Waals surface area contributed by atoms with E-state index in [0.717, 1.165) is 11.1 Å². The number of amides is 1. The van der Waals surface area contributed by atoms with Crippen LogP contribution in [0.4, 0.5) is 5.69 Å². The maximum absolute atomic E-state index is 13.0. The molecule has 0 aromatic heterocycles. The number of carbonyl (C=O) groups is 1. The van der Waals surface area contributed by atoms with Crippen molar-refractivity contribution in [1.82, 2.24) is 0 Å². The minimum atomic E-state index is -0.177. The maximum Gasteiger partial charge on any atom is 0.270 e. The lowest BCUT2D eigenvalue weighted by Gasteiger charge is -2.14. The number of hydrogen-bond donors (Lipinski definition) is 0. The summed E-state index contributed by atoms with van der Waals surface area (Å²) in [5, 5.41) is 1.25. The number of thioether (sulfide) groups is 1. The summed E-state index contributed by atoms with van der Waals surface area (Å²) < 4.78 is 12.2. The monoisotopic (exact) mass is 515 g/mol. The number of nitrogens with zero attached hydrogens (tertiary/aromatic N) is 1. The van der Waals surface area contributed by atoms with Gasteiger partial charge in [0.15, 0.2) is 15.8 Å². The second-order valence-electron chi connectivity index (χ2n) is 7.01. The summed E-state index contributed by atoms with van der Waals surface area (Å²) in [6.07, 6.45) is 1.80. The molecule has 1 saturated heterocycles. The van der Waals surface area contributed by atoms with E-state index in [1.807, 2.05) is 49.4 Å². The SMILES string of the molecule is CCOc1cc(/C=C2\SC(=S)N(c3ccc(Cl)cc3)C2=O)ccc1OCc1ccccc1Cl. The Morgan fingerprint density at radius 1 is 1.00 bits per heavy atom. The molecule has 4 nitrogen and oxygen atoms in total. The fraction of sp³-hybridized carbons (Fsp3) is 0.120. The second kappa shape index (κ2) is 10.6. The lowest BCUT2D eigenvalue weighted by molar-refractivity contribution is -0.113. The van der Waals surface area contributed by atoms with Crippen LogP contribution in [0.1, 0.15) is 18.1 Å². The first-order valence-corrected chi connectivity index (χ1v) is 12.1. The van der Waals surface area contributed by atoms with E-state index < -0.39 is 0 Å². The molecule has 3 aromatic carbocycles. The summed E-state index contributed by atoms with van der Waals surface area (Å²) in [5.74, 6) is 1.01. The summed E-state index contributed by atoms with van der Waals surface area (Å²) >= 11 is 18.9. The number of ether oxygens (including phenoxy) is 2. The van der Waals surface area contributed by atoms with Gasteiger partial charge in [0.25, 0.3) is 5.91 Å². The van der Waals surface area contributed by atoms with E-state index in [9.17, 15) is 4.79 Å². The predicted octanol–water partition coefficient (Wildman–Crippen LogP) is 7.38. The van der Waals surface area contributed by atoms with Crippen LogP contribution in [0.3, 0.4) is 0 Å². The Morgan fingerprint density at radius 2 is 1.76 bits per heavy atom. The highest BCUT2D eigenvalue weighted by molar-refractivity contribution is 8.27. The van der Waals surface area contributed by atoms with Gasteiger partial charge in [-0.15, -0.1) is 0 Å². The Morgan fingerprint density at radius 3 is 2.48 bits per heavy atom. The average molecular weight is 516 g/mol. The number of anilines is 1. The highest BCUT2D eigenvalue weighted by Gasteiger charge is 2.33. The van der Waals surface area contributed by atoms with Crippen LogP contribution in [0.25, 0.3) is 6.08 Å². The lowest BCUT2D eigenvalue weighted by Crippen LogP contribution is -2.27. The zero-order valence-electron chi connectivity index (χ0n) is 17.6. The third-order valence-electron chi connectivity index (χ3n) is 4.78. The number of carbonyl (C=O) groups excluding carboxylic acids is 1. The Balaban J connectivity index is 1.55. The summed E-state index contributed by atoms with van der Waals surface area (Å²) in [7, 11) is 0. The summed E-state index contributed by atoms with van der Waals surface area (Å²) in [6.45, 7) is 2.70. The van der Waals surface area contributed by atoms with Crippen molar-refractivity contribution in [2.45, 2.75) is 13.5 Å². The van der Waals surface area contributed by atoms with E-state index >= 15 is 0 Å². The molecule has 0 radical (unpaired) electrons. The van der Waals surface area contributed by atoms with Gasteiger partial charge in [0.2, 0.25) is 0 Å². The first kappa shape index (κ1) is 23.6. The van der Waals surface area contributed by atoms with Crippen LogP contribution >= 0.6 is 47.2 Å². The van der Waals surface area contributed by atoms with Crippen LogP contribution in [0, 0.1) is 0 Å². The lowest BCUT2D eigenvalue weighted by atomic mass is 10.1. The standard InChI is InChI=1S/C25H19Cl2NO3S2/c1-2-30-22-13-16(7-12-21(22)31-15-17-5-3-4-6-20(17)27)14-23-24(29)28(25(32)33-23)19-10-8-18(26)9-11-19/h3-14H,2,15H2,1H3/b23-14-. The highest BCUT2D eigenvalue weighted by Crippen LogP contribution is 2.37. The van der Waals surface area contributed by atoms with E-state index in [1.165, 1.54) is 16.7 Å². The summed E-state index contributed by atoms with van der Waals surface area (Å²) in [4.78, 5) is 15.1. The van der Waals surface area contributed by atoms with Crippen molar-refractivity contribution in [2.75, 3.05) is 11.5 Å². The van der Waals surface area contributed by atoms with E-state index in [1.54, 1.807) is 30.3 Å². The number of benzene rings is 3. The molecule has 33 heavy (non-hydrogen) atoms. The molecule has 1 aliphatic rings. The molecule has 0 bridgehead atoms. The van der Waals surface area contributed by atoms with Crippen LogP contribution in [0.15, 0.2) is 71.6 Å². The van der Waals surface area contributed by atoms with E-state index in [4.69, 9.17) is 44.9 Å². The summed E-state index contributed by atoms with van der Waals surface area (Å²) in [6, 6.07) is 20.1. The average Bonchev–Trinajstić information content (AvgIpc) is 3.08. The van der Waals surface area contributed by atoms with Gasteiger partial charge in [0.05, 0.1) is 17.2 Å². The molecule has 8 heteroatoms. The van der Waals surface area contributed by atoms with Crippen molar-refractivity contribution >= 4 is 69.2 Å². The van der Waals surface area contributed by atoms with Crippen molar-refractivity contribution in [3.63, 3.8) is 0 Å². The van der Waals surface area contributed by atoms with E-state index in [0.29, 0.717) is 49.7 Å². The zero-order valence-corrected chi connectivity index (χ0v) is 20.7. The Kier molecular flexibility index (Phi) is 7.60. The zero-order chi connectivity index (χ0) is 23.4. The van der Waals surface area contributed by atoms with Crippen molar-refractivity contribution < 1.29 is 14.3 Å². The van der Waals surface area contributed by atoms with Crippen molar-refractivity contribution in [3.05, 3.63) is 92.8 Å². The van der Waals surface area contributed by atoms with Gasteiger partial charge in [-0.2, -0.15) is 0 Å². The van der Waals surface area contributed by atoms with E-state index in [2.05, 4.69) is 0 Å². The predicted molar refractivity (Wildman–Crippen MR) is 140 cm³/mol. The van der Waals surface area contributed by atoms with Gasteiger partial charge in [-0.3, -0.25) is 9.69 Å². The first-order valence-electron chi connectivity index (χ1n) is 10.1. The maximum atomic E-state index is 13.0. The molecule has 0 N–H and O–H groups in total. The summed E-state index contributed by atoms with van der Waals surface area (Å²) in [5.41, 5.74) is 2.38. The van der Waals surface area contributed by atoms with Gasteiger partial charge in [-0.05, 0) is 61.0 Å². The molecule has 0 unspecified atom stereocenters. The fourth-order valence-corrected chi connectivity index (χ4v) is 4.82. The van der Waals surface area contributed by atoms with E-state index in [-0.39, 0.29) is 5.91 Å². The molecule has 4 rings (SSSR count). The molecule has 1 aliphatic heterocycles. The van der Waals surface area contributed by atoms with Gasteiger partial charge in [0, 0.05) is 15.6 Å². The third kappa shape index (κ3) is 5.53. The topological polar surface area (TPSA) is 38.8 Å². The van der Waals surface area contributed by atoms with Crippen molar-refractivity contribution in [1.29, 1.82) is 0 Å². The minimum Gasteiger partial charge on any atom is -0.490 e. The van der Waals surface area contributed by atoms with Crippen LogP contribution in [0.2, 0.25) is 10.0 Å². The Bertz CT molecular complexity index is 1230. The van der Waals surface area contributed by atoms with Crippen LogP contribution in [0.5, 0.6) is 11.5 Å². The van der Waals surface area contributed by atoms with Gasteiger partial charge in [-0.1, -0.05) is 71.4 Å². The molecule has 3 aromatic rings. The number of rotatable bonds is 7. The van der Waals surface area contributed by atoms with Crippen molar-refractivity contribution in [2.24, 2.45) is 0 Å². The molecule has 1 fully saturated rings. The molecule has 0 saturated carbocycles. The minimum absolute atomic E-state index is 0.177. The van der Waals surface area contributed by atoms with Crippen LogP contribution in [-0.2, 0) is 11.4 Å². The Labute approximate surface area is 212 Å². The number of thiocarbonyl (C=S) groups is 1. The quantitative estimate of drug-likeness (QED) is 0.242. The molecule has 0 aliphatic carbocycles. The largest absolute Gasteiger partial charge is 0.490 e. The Hall–Kier alpha value is -2.51. The molecule has 168 valence electrons. The van der Waals surface area contributed by atoms with Gasteiger partial charge >= 0.3 is 0 Å². The highest BCUT2D eigenvalue weighted by atomic mass is 35.5. The van der Waals surface area contributed by atoms with Crippen molar-refractivity contribution in [3.8, 4) is 11.5 Å². The molecule has 1 heterocycles. The molecule has 0 atom stereocenters. The molecule has 0 spiro atoms. The van der Waals surface area contributed by atoms with Gasteiger partial charge in [0.1, 0.15) is 6.61 Å². The molecule has 1 amide bonds. The third-order valence-corrected chi connectivity index (χ3v) is 6.71. The number of hydrogen-bond acceptors (Lipinski definition) is 5. The smallest absolute Gasteiger partial charge is 0.270 e. The van der Waals surface area contributed by atoms with Crippen LogP contribution < -0.4 is 14.4 Å². The van der Waals surface area contributed by atoms with Gasteiger partial charge < -0.3 is 9.47 Å². The first-order chi connectivity index (χ1) is 16.0. The normalized spacial score (nSPS) is 14.8. The van der Waals surface area contributed by atoms with Gasteiger partial charge in [-0.25, -0.2) is 0 Å². The fourth-order valence-electron chi connectivity index (χ4n) is 3.20. The second-order valence-corrected chi connectivity index (χ2v) is 9.53.